The fraction of sp³-hybridized carbons (Fsp3) is 0.308. The summed E-state index contributed by atoms with van der Waals surface area (Å²) < 4.78 is 0. The van der Waals surface area contributed by atoms with Crippen molar-refractivity contribution in [2.45, 2.75) is 13.3 Å². The van der Waals surface area contributed by atoms with Gasteiger partial charge in [0.25, 0.3) is 0 Å². The van der Waals surface area contributed by atoms with Gasteiger partial charge in [-0.3, -0.25) is 9.59 Å². The standard InChI is InChI=1S/C13H16N2O4/c1-9(16)10-3-5-11(6-4-10)14-13(19)15(2)8-7-12(17)18/h3-6H,7-8H2,1-2H3,(H,14,19)(H,17,18). The van der Waals surface area contributed by atoms with Gasteiger partial charge in [0, 0.05) is 24.8 Å². The zero-order chi connectivity index (χ0) is 14.4. The summed E-state index contributed by atoms with van der Waals surface area (Å²) in [5, 5.41) is 11.1. The summed E-state index contributed by atoms with van der Waals surface area (Å²) in [6, 6.07) is 6.10. The highest BCUT2D eigenvalue weighted by atomic mass is 16.4. The molecule has 19 heavy (non-hydrogen) atoms. The maximum Gasteiger partial charge on any atom is 0.321 e. The Bertz CT molecular complexity index is 482. The van der Waals surface area contributed by atoms with Gasteiger partial charge in [-0.05, 0) is 31.2 Å². The molecule has 0 aromatic heterocycles. The van der Waals surface area contributed by atoms with Crippen LogP contribution in [0.3, 0.4) is 0 Å². The zero-order valence-corrected chi connectivity index (χ0v) is 10.8. The lowest BCUT2D eigenvalue weighted by atomic mass is 10.1. The van der Waals surface area contributed by atoms with Crippen molar-refractivity contribution >= 4 is 23.5 Å². The van der Waals surface area contributed by atoms with Crippen LogP contribution in [0, 0.1) is 0 Å². The normalized spacial score (nSPS) is 9.79. The van der Waals surface area contributed by atoms with Crippen LogP contribution in [0.25, 0.3) is 0 Å². The average molecular weight is 264 g/mol. The highest BCUT2D eigenvalue weighted by Gasteiger charge is 2.10. The van der Waals surface area contributed by atoms with Gasteiger partial charge in [-0.15, -0.1) is 0 Å². The number of benzene rings is 1. The first kappa shape index (κ1) is 14.7. The molecule has 0 radical (unpaired) electrons. The summed E-state index contributed by atoms with van der Waals surface area (Å²) in [6.07, 6.45) is -0.104. The lowest BCUT2D eigenvalue weighted by Crippen LogP contribution is -2.33. The van der Waals surface area contributed by atoms with Crippen molar-refractivity contribution in [2.24, 2.45) is 0 Å². The third-order valence-corrected chi connectivity index (χ3v) is 2.55. The quantitative estimate of drug-likeness (QED) is 0.794. The van der Waals surface area contributed by atoms with E-state index in [1.807, 2.05) is 0 Å². The SMILES string of the molecule is CC(=O)c1ccc(NC(=O)N(C)CCC(=O)O)cc1. The maximum absolute atomic E-state index is 11.7. The van der Waals surface area contributed by atoms with Crippen LogP contribution in [0.15, 0.2) is 24.3 Å². The van der Waals surface area contributed by atoms with Crippen LogP contribution in [-0.4, -0.2) is 41.4 Å². The Morgan fingerprint density at radius 3 is 2.26 bits per heavy atom. The number of nitrogens with zero attached hydrogens (tertiary/aromatic N) is 1. The Kier molecular flexibility index (Phi) is 5.05. The molecule has 0 aliphatic carbocycles. The Balaban J connectivity index is 2.56. The smallest absolute Gasteiger partial charge is 0.321 e. The zero-order valence-electron chi connectivity index (χ0n) is 10.8. The third-order valence-electron chi connectivity index (χ3n) is 2.55. The second-order valence-corrected chi connectivity index (χ2v) is 4.13. The number of carboxylic acid groups (broad SMARTS) is 1. The van der Waals surface area contributed by atoms with Crippen molar-refractivity contribution < 1.29 is 19.5 Å². The van der Waals surface area contributed by atoms with Crippen LogP contribution in [0.2, 0.25) is 0 Å². The van der Waals surface area contributed by atoms with Gasteiger partial charge in [0.15, 0.2) is 5.78 Å². The van der Waals surface area contributed by atoms with Gasteiger partial charge < -0.3 is 15.3 Å². The van der Waals surface area contributed by atoms with Crippen molar-refractivity contribution in [3.8, 4) is 0 Å². The molecule has 1 rings (SSSR count). The number of ketones is 1. The number of carbonyl (C=O) groups excluding carboxylic acids is 2. The number of nitrogens with one attached hydrogen (secondary N) is 1. The van der Waals surface area contributed by atoms with Crippen LogP contribution in [0.1, 0.15) is 23.7 Å². The fourth-order valence-corrected chi connectivity index (χ4v) is 1.37. The molecule has 0 heterocycles. The molecular weight excluding hydrogens is 248 g/mol. The van der Waals surface area contributed by atoms with Gasteiger partial charge in [0.1, 0.15) is 0 Å². The molecule has 0 unspecified atom stereocenters. The predicted octanol–water partition coefficient (Wildman–Crippen LogP) is 1.83. The molecule has 0 spiro atoms. The number of hydrogen-bond donors (Lipinski definition) is 2. The molecule has 6 heteroatoms. The fourth-order valence-electron chi connectivity index (χ4n) is 1.37. The molecule has 1 aromatic carbocycles. The van der Waals surface area contributed by atoms with Gasteiger partial charge in [0.05, 0.1) is 6.42 Å². The summed E-state index contributed by atoms with van der Waals surface area (Å²) in [7, 11) is 1.52. The van der Waals surface area contributed by atoms with Crippen molar-refractivity contribution in [3.05, 3.63) is 29.8 Å². The van der Waals surface area contributed by atoms with E-state index < -0.39 is 12.0 Å². The van der Waals surface area contributed by atoms with E-state index >= 15 is 0 Å². The number of hydrogen-bond acceptors (Lipinski definition) is 3. The van der Waals surface area contributed by atoms with Crippen molar-refractivity contribution in [2.75, 3.05) is 18.9 Å². The van der Waals surface area contributed by atoms with Gasteiger partial charge in [-0.1, -0.05) is 0 Å². The predicted molar refractivity (Wildman–Crippen MR) is 70.3 cm³/mol. The van der Waals surface area contributed by atoms with E-state index in [-0.39, 0.29) is 18.7 Å². The van der Waals surface area contributed by atoms with Crippen LogP contribution < -0.4 is 5.32 Å². The van der Waals surface area contributed by atoms with Crippen LogP contribution >= 0.6 is 0 Å². The number of urea groups is 1. The Morgan fingerprint density at radius 1 is 1.21 bits per heavy atom. The maximum atomic E-state index is 11.7. The Hall–Kier alpha value is -2.37. The molecule has 0 bridgehead atoms. The van der Waals surface area contributed by atoms with E-state index in [4.69, 9.17) is 5.11 Å². The molecule has 0 atom stereocenters. The minimum atomic E-state index is -0.953. The number of amides is 2. The van der Waals surface area contributed by atoms with Crippen molar-refractivity contribution in [1.82, 2.24) is 4.90 Å². The van der Waals surface area contributed by atoms with E-state index in [2.05, 4.69) is 5.32 Å². The van der Waals surface area contributed by atoms with E-state index in [1.54, 1.807) is 24.3 Å². The number of carboxylic acids is 1. The number of rotatable bonds is 5. The van der Waals surface area contributed by atoms with Gasteiger partial charge in [-0.25, -0.2) is 4.79 Å². The number of anilines is 1. The molecule has 0 saturated heterocycles. The van der Waals surface area contributed by atoms with Crippen LogP contribution in [0.5, 0.6) is 0 Å². The molecule has 2 amide bonds. The lowest BCUT2D eigenvalue weighted by Gasteiger charge is -2.16. The second kappa shape index (κ2) is 6.53. The number of carbonyl (C=O) groups is 3. The minimum absolute atomic E-state index is 0.0450. The topological polar surface area (TPSA) is 86.7 Å². The highest BCUT2D eigenvalue weighted by molar-refractivity contribution is 5.95. The van der Waals surface area contributed by atoms with E-state index in [1.165, 1.54) is 18.9 Å². The lowest BCUT2D eigenvalue weighted by molar-refractivity contribution is -0.137. The molecule has 0 aliphatic heterocycles. The monoisotopic (exact) mass is 264 g/mol. The third kappa shape index (κ3) is 4.79. The molecule has 1 aromatic rings. The highest BCUT2D eigenvalue weighted by Crippen LogP contribution is 2.10. The first-order valence-electron chi connectivity index (χ1n) is 5.75. The molecule has 102 valence electrons. The molecular formula is C13H16N2O4. The van der Waals surface area contributed by atoms with E-state index in [0.717, 1.165) is 0 Å². The molecule has 0 fully saturated rings. The summed E-state index contributed by atoms with van der Waals surface area (Å²) in [5.74, 6) is -0.998. The molecule has 0 aliphatic rings. The molecule has 6 nitrogen and oxygen atoms in total. The average Bonchev–Trinajstić information content (AvgIpc) is 2.36. The van der Waals surface area contributed by atoms with Gasteiger partial charge in [0.2, 0.25) is 0 Å². The number of Topliss-reactive ketones (excluding diaryl/α,β-unsaturated/α-hetero) is 1. The summed E-state index contributed by atoms with van der Waals surface area (Å²) in [6.45, 7) is 1.60. The minimum Gasteiger partial charge on any atom is -0.481 e. The van der Waals surface area contributed by atoms with Crippen LogP contribution in [-0.2, 0) is 4.79 Å². The molecule has 2 N–H and O–H groups in total. The van der Waals surface area contributed by atoms with E-state index in [0.29, 0.717) is 11.3 Å². The number of aliphatic carboxylic acids is 1. The molecule has 0 saturated carbocycles. The van der Waals surface area contributed by atoms with Crippen molar-refractivity contribution in [3.63, 3.8) is 0 Å². The van der Waals surface area contributed by atoms with Crippen LogP contribution in [0.4, 0.5) is 10.5 Å². The Labute approximate surface area is 111 Å². The first-order chi connectivity index (χ1) is 8.90. The van der Waals surface area contributed by atoms with Crippen molar-refractivity contribution in [1.29, 1.82) is 0 Å². The summed E-state index contributed by atoms with van der Waals surface area (Å²) in [5.41, 5.74) is 1.12. The first-order valence-corrected chi connectivity index (χ1v) is 5.75. The summed E-state index contributed by atoms with van der Waals surface area (Å²) >= 11 is 0. The second-order valence-electron chi connectivity index (χ2n) is 4.13. The van der Waals surface area contributed by atoms with E-state index in [9.17, 15) is 14.4 Å². The summed E-state index contributed by atoms with van der Waals surface area (Å²) in [4.78, 5) is 34.5. The largest absolute Gasteiger partial charge is 0.481 e. The Morgan fingerprint density at radius 2 is 1.79 bits per heavy atom. The van der Waals surface area contributed by atoms with Gasteiger partial charge in [-0.2, -0.15) is 0 Å². The van der Waals surface area contributed by atoms with Gasteiger partial charge >= 0.3 is 12.0 Å².